The van der Waals surface area contributed by atoms with Gasteiger partial charge in [-0.3, -0.25) is 14.4 Å². The van der Waals surface area contributed by atoms with Gasteiger partial charge in [0, 0.05) is 19.3 Å². The summed E-state index contributed by atoms with van der Waals surface area (Å²) in [5.74, 6) is -0.901. The Labute approximate surface area is 482 Å². The van der Waals surface area contributed by atoms with Crippen LogP contribution in [0.25, 0.3) is 0 Å². The fourth-order valence-electron chi connectivity index (χ4n) is 8.88. The van der Waals surface area contributed by atoms with Crippen molar-refractivity contribution in [1.82, 2.24) is 0 Å². The van der Waals surface area contributed by atoms with Crippen LogP contribution in [0, 0.1) is 0 Å². The number of ether oxygens (including phenoxy) is 3. The highest BCUT2D eigenvalue weighted by molar-refractivity contribution is 5.71. The maximum Gasteiger partial charge on any atom is 0.306 e. The van der Waals surface area contributed by atoms with E-state index in [0.717, 1.165) is 141 Å². The van der Waals surface area contributed by atoms with Gasteiger partial charge < -0.3 is 14.2 Å². The quantitative estimate of drug-likeness (QED) is 0.0261. The normalized spacial score (nSPS) is 12.9. The largest absolute Gasteiger partial charge is 0.462 e. The molecule has 0 fully saturated rings. The molecule has 1 unspecified atom stereocenters. The zero-order valence-electron chi connectivity index (χ0n) is 50.9. The van der Waals surface area contributed by atoms with Crippen LogP contribution in [0.3, 0.4) is 0 Å². The van der Waals surface area contributed by atoms with Gasteiger partial charge in [-0.05, 0) is 122 Å². The number of allylic oxidation sites excluding steroid dienone is 20. The Bertz CT molecular complexity index is 1620. The van der Waals surface area contributed by atoms with Crippen molar-refractivity contribution in [3.8, 4) is 0 Å². The summed E-state index contributed by atoms with van der Waals surface area (Å²) in [6.45, 7) is 6.35. The summed E-state index contributed by atoms with van der Waals surface area (Å²) in [5.41, 5.74) is 0. The van der Waals surface area contributed by atoms with Crippen LogP contribution in [0.5, 0.6) is 0 Å². The lowest BCUT2D eigenvalue weighted by Gasteiger charge is -2.18. The summed E-state index contributed by atoms with van der Waals surface area (Å²) in [7, 11) is 0. The van der Waals surface area contributed by atoms with E-state index in [2.05, 4.69) is 142 Å². The molecule has 444 valence electrons. The second-order valence-electron chi connectivity index (χ2n) is 21.3. The monoisotopic (exact) mass is 1080 g/mol. The fourth-order valence-corrected chi connectivity index (χ4v) is 8.88. The van der Waals surface area contributed by atoms with Crippen molar-refractivity contribution in [3.63, 3.8) is 0 Å². The third-order valence-corrected chi connectivity index (χ3v) is 13.7. The summed E-state index contributed by atoms with van der Waals surface area (Å²) in [5, 5.41) is 0. The fraction of sp³-hybridized carbons (Fsp3) is 0.681. The molecule has 0 aromatic carbocycles. The molecule has 78 heavy (non-hydrogen) atoms. The van der Waals surface area contributed by atoms with E-state index in [0.29, 0.717) is 19.3 Å². The zero-order chi connectivity index (χ0) is 56.4. The van der Waals surface area contributed by atoms with Crippen LogP contribution >= 0.6 is 0 Å². The van der Waals surface area contributed by atoms with E-state index < -0.39 is 6.10 Å². The number of carbonyl (C=O) groups excluding carboxylic acids is 3. The van der Waals surface area contributed by atoms with Gasteiger partial charge in [-0.15, -0.1) is 0 Å². The van der Waals surface area contributed by atoms with Gasteiger partial charge >= 0.3 is 17.9 Å². The molecule has 0 aliphatic heterocycles. The minimum atomic E-state index is -0.789. The molecule has 0 aromatic heterocycles. The molecule has 0 radical (unpaired) electrons. The molecule has 0 saturated heterocycles. The number of unbranched alkanes of at least 4 members (excludes halogenated alkanes) is 27. The average molecular weight is 1080 g/mol. The van der Waals surface area contributed by atoms with Gasteiger partial charge in [-0.2, -0.15) is 0 Å². The minimum absolute atomic E-state index is 0.0854. The van der Waals surface area contributed by atoms with E-state index >= 15 is 0 Å². The Hall–Kier alpha value is -4.19. The minimum Gasteiger partial charge on any atom is -0.462 e. The molecule has 0 saturated carbocycles. The molecule has 0 bridgehead atoms. The smallest absolute Gasteiger partial charge is 0.306 e. The molecule has 0 heterocycles. The number of esters is 3. The first-order valence-corrected chi connectivity index (χ1v) is 32.5. The lowest BCUT2D eigenvalue weighted by molar-refractivity contribution is -0.167. The predicted octanol–water partition coefficient (Wildman–Crippen LogP) is 22.4. The lowest BCUT2D eigenvalue weighted by atomic mass is 10.0. The van der Waals surface area contributed by atoms with E-state index in [1.807, 2.05) is 0 Å². The third-order valence-electron chi connectivity index (χ3n) is 13.7. The van der Waals surface area contributed by atoms with E-state index in [-0.39, 0.29) is 31.1 Å². The highest BCUT2D eigenvalue weighted by Crippen LogP contribution is 2.16. The second kappa shape index (κ2) is 65.3. The lowest BCUT2D eigenvalue weighted by Crippen LogP contribution is -2.30. The Morgan fingerprint density at radius 3 is 0.795 bits per heavy atom. The van der Waals surface area contributed by atoms with Gasteiger partial charge in [-0.1, -0.05) is 277 Å². The highest BCUT2D eigenvalue weighted by atomic mass is 16.6. The number of hydrogen-bond acceptors (Lipinski definition) is 6. The molecule has 0 aliphatic carbocycles. The highest BCUT2D eigenvalue weighted by Gasteiger charge is 2.19. The summed E-state index contributed by atoms with van der Waals surface area (Å²) in [4.78, 5) is 38.3. The molecule has 0 amide bonds. The van der Waals surface area contributed by atoms with Crippen molar-refractivity contribution < 1.29 is 28.6 Å². The molecule has 6 heteroatoms. The van der Waals surface area contributed by atoms with Crippen LogP contribution in [-0.4, -0.2) is 37.2 Å². The standard InChI is InChI=1S/C72H120O6/c1-4-7-10-13-16-19-22-24-26-28-30-32-33-34-35-36-37-38-39-41-42-44-46-48-50-53-56-59-62-65-71(74)77-68-69(67-76-70(73)64-61-58-55-52-21-18-15-12-9-6-3)78-72(75)66-63-60-57-54-51-49-47-45-43-40-31-29-27-25-23-20-17-14-11-8-5-2/h7-8,10-12,15-17,19-20,24-27,30-32,34-35,40,69H,4-6,9,13-14,18,21-23,28-29,33,36-39,41-68H2,1-3H3/b10-7-,11-8-,15-12-,19-16-,20-17-,26-24-,27-25-,32-30-,35-34-,40-31-. The molecule has 1 atom stereocenters. The third kappa shape index (κ3) is 62.7. The van der Waals surface area contributed by atoms with Gasteiger partial charge in [0.15, 0.2) is 6.10 Å². The van der Waals surface area contributed by atoms with Crippen molar-refractivity contribution in [2.24, 2.45) is 0 Å². The number of carbonyl (C=O) groups is 3. The van der Waals surface area contributed by atoms with Gasteiger partial charge in [0.2, 0.25) is 0 Å². The zero-order valence-corrected chi connectivity index (χ0v) is 50.9. The Morgan fingerprint density at radius 1 is 0.269 bits per heavy atom. The van der Waals surface area contributed by atoms with Crippen LogP contribution in [0.1, 0.15) is 297 Å². The second-order valence-corrected chi connectivity index (χ2v) is 21.3. The number of hydrogen-bond donors (Lipinski definition) is 0. The van der Waals surface area contributed by atoms with Gasteiger partial charge in [0.05, 0.1) is 0 Å². The molecular weight excluding hydrogens is 961 g/mol. The van der Waals surface area contributed by atoms with E-state index in [1.54, 1.807) is 0 Å². The van der Waals surface area contributed by atoms with Crippen molar-refractivity contribution in [2.45, 2.75) is 303 Å². The molecule has 0 N–H and O–H groups in total. The topological polar surface area (TPSA) is 78.9 Å². The summed E-state index contributed by atoms with van der Waals surface area (Å²) < 4.78 is 16.9. The van der Waals surface area contributed by atoms with Crippen LogP contribution < -0.4 is 0 Å². The summed E-state index contributed by atoms with van der Waals surface area (Å²) in [6, 6.07) is 0. The molecule has 0 spiro atoms. The van der Waals surface area contributed by atoms with E-state index in [1.165, 1.54) is 116 Å². The Kier molecular flexibility index (Phi) is 61.8. The SMILES string of the molecule is CC/C=C\C/C=C\C/C=C\C/C=C\C/C=C\CCCCCCCCCCCCCCCC(=O)OCC(COC(=O)CCCCCCC/C=C\CCC)OC(=O)CCCCCCCCCC/C=C\C/C=C\C/C=C\C/C=C\CC. The van der Waals surface area contributed by atoms with Crippen molar-refractivity contribution in [2.75, 3.05) is 13.2 Å². The maximum atomic E-state index is 12.9. The van der Waals surface area contributed by atoms with Crippen LogP contribution in [-0.2, 0) is 28.6 Å². The first-order valence-electron chi connectivity index (χ1n) is 32.5. The average Bonchev–Trinajstić information content (AvgIpc) is 3.44. The Balaban J connectivity index is 4.23. The van der Waals surface area contributed by atoms with Crippen molar-refractivity contribution >= 4 is 17.9 Å². The molecule has 0 aromatic rings. The van der Waals surface area contributed by atoms with Gasteiger partial charge in [0.1, 0.15) is 13.2 Å². The van der Waals surface area contributed by atoms with Crippen LogP contribution in [0.2, 0.25) is 0 Å². The first kappa shape index (κ1) is 73.8. The maximum absolute atomic E-state index is 12.9. The van der Waals surface area contributed by atoms with Crippen LogP contribution in [0.15, 0.2) is 122 Å². The Morgan fingerprint density at radius 2 is 0.500 bits per heavy atom. The number of rotatable bonds is 58. The predicted molar refractivity (Wildman–Crippen MR) is 339 cm³/mol. The van der Waals surface area contributed by atoms with Crippen molar-refractivity contribution in [3.05, 3.63) is 122 Å². The summed E-state index contributed by atoms with van der Waals surface area (Å²) in [6.07, 6.45) is 90.7. The molecule has 0 aliphatic rings. The molecule has 0 rings (SSSR count). The molecule has 6 nitrogen and oxygen atoms in total. The summed E-state index contributed by atoms with van der Waals surface area (Å²) >= 11 is 0. The molecular formula is C72H120O6. The van der Waals surface area contributed by atoms with Gasteiger partial charge in [-0.25, -0.2) is 0 Å². The van der Waals surface area contributed by atoms with Gasteiger partial charge in [0.25, 0.3) is 0 Å². The van der Waals surface area contributed by atoms with E-state index in [9.17, 15) is 14.4 Å². The van der Waals surface area contributed by atoms with E-state index in [4.69, 9.17) is 14.2 Å². The van der Waals surface area contributed by atoms with Crippen LogP contribution in [0.4, 0.5) is 0 Å². The first-order chi connectivity index (χ1) is 38.5. The van der Waals surface area contributed by atoms with Crippen molar-refractivity contribution in [1.29, 1.82) is 0 Å².